The summed E-state index contributed by atoms with van der Waals surface area (Å²) in [6.07, 6.45) is -2.55. The average molecular weight is 319 g/mol. The fourth-order valence-corrected chi connectivity index (χ4v) is 2.45. The molecule has 0 bridgehead atoms. The maximum atomic E-state index is 12.7. The van der Waals surface area contributed by atoms with Crippen molar-refractivity contribution in [3.05, 3.63) is 66.2 Å². The number of H-pyrrole nitrogens is 1. The van der Waals surface area contributed by atoms with Crippen LogP contribution in [0.25, 0.3) is 10.9 Å². The fourth-order valence-electron chi connectivity index (χ4n) is 2.45. The highest BCUT2D eigenvalue weighted by molar-refractivity contribution is 5.94. The number of hydrogen-bond donors (Lipinski definition) is 3. The first-order valence-electron chi connectivity index (χ1n) is 7.08. The van der Waals surface area contributed by atoms with E-state index in [-0.39, 0.29) is 0 Å². The Balaban J connectivity index is 1.90. The Morgan fingerprint density at radius 1 is 1.09 bits per heavy atom. The normalized spacial score (nSPS) is 16.5. The van der Waals surface area contributed by atoms with Crippen LogP contribution in [0.3, 0.4) is 0 Å². The van der Waals surface area contributed by atoms with Crippen molar-refractivity contribution in [1.82, 2.24) is 10.3 Å². The lowest BCUT2D eigenvalue weighted by molar-refractivity contribution is -0.149. The second-order valence-corrected chi connectivity index (χ2v) is 5.49. The topological polar surface area (TPSA) is 39.8 Å². The third-order valence-electron chi connectivity index (χ3n) is 3.92. The van der Waals surface area contributed by atoms with Crippen molar-refractivity contribution in [3.63, 3.8) is 0 Å². The number of aromatic nitrogens is 1. The molecule has 6 heteroatoms. The minimum absolute atomic E-state index is 0.352. The van der Waals surface area contributed by atoms with Crippen LogP contribution in [0.2, 0.25) is 0 Å². The molecular weight excluding hydrogens is 303 g/mol. The molecule has 23 heavy (non-hydrogen) atoms. The van der Waals surface area contributed by atoms with Crippen LogP contribution in [0, 0.1) is 0 Å². The van der Waals surface area contributed by atoms with Crippen molar-refractivity contribution >= 4 is 16.6 Å². The van der Waals surface area contributed by atoms with E-state index >= 15 is 0 Å². The van der Waals surface area contributed by atoms with Crippen molar-refractivity contribution in [2.45, 2.75) is 19.1 Å². The monoisotopic (exact) mass is 319 g/mol. The number of nitrogens with one attached hydrogen (secondary N) is 3. The van der Waals surface area contributed by atoms with Gasteiger partial charge >= 0.3 is 6.18 Å². The SMILES string of the molecule is C=C1C(=C)C(NC(C)C(F)(F)F)=C1Nc1c[nH]c2ccccc12. The third kappa shape index (κ3) is 2.60. The highest BCUT2D eigenvalue weighted by atomic mass is 19.4. The van der Waals surface area contributed by atoms with Crippen LogP contribution >= 0.6 is 0 Å². The molecule has 0 radical (unpaired) electrons. The Kier molecular flexibility index (Phi) is 3.47. The number of halogens is 3. The van der Waals surface area contributed by atoms with E-state index in [1.54, 1.807) is 6.20 Å². The number of para-hydroxylation sites is 1. The molecule has 0 fully saturated rings. The fraction of sp³-hybridized carbons (Fsp3) is 0.176. The van der Waals surface area contributed by atoms with Gasteiger partial charge in [-0.2, -0.15) is 13.2 Å². The van der Waals surface area contributed by atoms with Crippen molar-refractivity contribution in [2.75, 3.05) is 5.32 Å². The number of fused-ring (bicyclic) bond motifs is 1. The molecule has 1 atom stereocenters. The molecule has 1 aromatic heterocycles. The molecule has 0 amide bonds. The summed E-state index contributed by atoms with van der Waals surface area (Å²) >= 11 is 0. The van der Waals surface area contributed by atoms with Gasteiger partial charge in [0, 0.05) is 28.2 Å². The standard InChI is InChI=1S/C17H16F3N3/c1-9-10(2)16(15(9)22-11(3)17(18,19)20)23-14-8-21-13-7-5-4-6-12(13)14/h4-8,11,21-23H,1-2H2,3H3. The summed E-state index contributed by atoms with van der Waals surface area (Å²) in [5, 5.41) is 6.57. The first kappa shape index (κ1) is 15.3. The molecule has 1 heterocycles. The Bertz CT molecular complexity index is 827. The van der Waals surface area contributed by atoms with E-state index in [2.05, 4.69) is 28.8 Å². The van der Waals surface area contributed by atoms with E-state index in [9.17, 15) is 13.2 Å². The van der Waals surface area contributed by atoms with Gasteiger partial charge in [-0.25, -0.2) is 0 Å². The molecule has 3 rings (SSSR count). The summed E-state index contributed by atoms with van der Waals surface area (Å²) in [7, 11) is 0. The molecule has 1 unspecified atom stereocenters. The predicted octanol–water partition coefficient (Wildman–Crippen LogP) is 4.46. The van der Waals surface area contributed by atoms with Crippen molar-refractivity contribution < 1.29 is 13.2 Å². The van der Waals surface area contributed by atoms with E-state index in [1.807, 2.05) is 24.3 Å². The lowest BCUT2D eigenvalue weighted by Crippen LogP contribution is -2.42. The Morgan fingerprint density at radius 2 is 1.74 bits per heavy atom. The number of rotatable bonds is 4. The number of aromatic amines is 1. The summed E-state index contributed by atoms with van der Waals surface area (Å²) in [6, 6.07) is 5.99. The number of anilines is 1. The molecule has 0 aliphatic heterocycles. The molecule has 3 N–H and O–H groups in total. The van der Waals surface area contributed by atoms with Gasteiger partial charge in [0.25, 0.3) is 0 Å². The Hall–Kier alpha value is -2.63. The molecule has 0 spiro atoms. The smallest absolute Gasteiger partial charge is 0.372 e. The quantitative estimate of drug-likeness (QED) is 0.779. The van der Waals surface area contributed by atoms with E-state index in [0.29, 0.717) is 22.5 Å². The highest BCUT2D eigenvalue weighted by Gasteiger charge is 2.39. The first-order chi connectivity index (χ1) is 10.8. The summed E-state index contributed by atoms with van der Waals surface area (Å²) in [6.45, 7) is 8.69. The number of hydrogen-bond acceptors (Lipinski definition) is 2. The molecule has 0 saturated heterocycles. The van der Waals surface area contributed by atoms with E-state index in [1.165, 1.54) is 0 Å². The van der Waals surface area contributed by atoms with Crippen molar-refractivity contribution in [1.29, 1.82) is 0 Å². The molecule has 3 nitrogen and oxygen atoms in total. The minimum Gasteiger partial charge on any atom is -0.372 e. The number of benzene rings is 1. The third-order valence-corrected chi connectivity index (χ3v) is 3.92. The Labute approximate surface area is 131 Å². The lowest BCUT2D eigenvalue weighted by atomic mass is 9.88. The average Bonchev–Trinajstić information content (AvgIpc) is 2.92. The molecule has 0 saturated carbocycles. The van der Waals surface area contributed by atoms with E-state index < -0.39 is 12.2 Å². The van der Waals surface area contributed by atoms with E-state index in [0.717, 1.165) is 23.5 Å². The zero-order chi connectivity index (χ0) is 16.8. The van der Waals surface area contributed by atoms with Gasteiger partial charge in [-0.1, -0.05) is 31.4 Å². The van der Waals surface area contributed by atoms with Gasteiger partial charge in [0.2, 0.25) is 0 Å². The van der Waals surface area contributed by atoms with Gasteiger partial charge in [0.15, 0.2) is 0 Å². The minimum atomic E-state index is -4.32. The molecule has 2 aromatic rings. The summed E-state index contributed by atoms with van der Waals surface area (Å²) < 4.78 is 38.2. The summed E-state index contributed by atoms with van der Waals surface area (Å²) in [4.78, 5) is 3.11. The van der Waals surface area contributed by atoms with Gasteiger partial charge in [-0.3, -0.25) is 0 Å². The van der Waals surface area contributed by atoms with Gasteiger partial charge in [-0.15, -0.1) is 0 Å². The lowest BCUT2D eigenvalue weighted by Gasteiger charge is -2.33. The maximum absolute atomic E-state index is 12.7. The zero-order valence-corrected chi connectivity index (χ0v) is 12.5. The predicted molar refractivity (Wildman–Crippen MR) is 85.9 cm³/mol. The van der Waals surface area contributed by atoms with Crippen LogP contribution in [-0.2, 0) is 0 Å². The second-order valence-electron chi connectivity index (χ2n) is 5.49. The number of alkyl halides is 3. The van der Waals surface area contributed by atoms with Crippen LogP contribution in [0.15, 0.2) is 66.2 Å². The maximum Gasteiger partial charge on any atom is 0.408 e. The van der Waals surface area contributed by atoms with Crippen molar-refractivity contribution in [2.24, 2.45) is 0 Å². The number of allylic oxidation sites excluding steroid dienone is 2. The summed E-state index contributed by atoms with van der Waals surface area (Å²) in [5.74, 6) is 0. The van der Waals surface area contributed by atoms with Gasteiger partial charge in [0.1, 0.15) is 6.04 Å². The van der Waals surface area contributed by atoms with Crippen LogP contribution in [0.1, 0.15) is 6.92 Å². The molecule has 120 valence electrons. The van der Waals surface area contributed by atoms with Gasteiger partial charge < -0.3 is 15.6 Å². The Morgan fingerprint density at radius 3 is 2.43 bits per heavy atom. The van der Waals surface area contributed by atoms with Gasteiger partial charge in [0.05, 0.1) is 17.1 Å². The van der Waals surface area contributed by atoms with Crippen molar-refractivity contribution in [3.8, 4) is 0 Å². The van der Waals surface area contributed by atoms with Crippen LogP contribution in [0.4, 0.5) is 18.9 Å². The zero-order valence-electron chi connectivity index (χ0n) is 12.5. The van der Waals surface area contributed by atoms with Crippen LogP contribution in [-0.4, -0.2) is 17.2 Å². The molecule has 1 aliphatic carbocycles. The van der Waals surface area contributed by atoms with Crippen LogP contribution in [0.5, 0.6) is 0 Å². The van der Waals surface area contributed by atoms with Gasteiger partial charge in [-0.05, 0) is 13.0 Å². The second kappa shape index (κ2) is 5.22. The molecule has 1 aromatic carbocycles. The largest absolute Gasteiger partial charge is 0.408 e. The first-order valence-corrected chi connectivity index (χ1v) is 7.08. The van der Waals surface area contributed by atoms with E-state index in [4.69, 9.17) is 0 Å². The summed E-state index contributed by atoms with van der Waals surface area (Å²) in [5.41, 5.74) is 3.71. The molecule has 1 aliphatic rings. The van der Waals surface area contributed by atoms with Crippen LogP contribution < -0.4 is 10.6 Å². The highest BCUT2D eigenvalue weighted by Crippen LogP contribution is 2.38. The molecular formula is C17H16F3N3.